The fraction of sp³-hybridized carbons (Fsp3) is 0.571. The first-order chi connectivity index (χ1) is 9.20. The Hall–Kier alpha value is -1.62. The van der Waals surface area contributed by atoms with Crippen LogP contribution in [0.5, 0.6) is 0 Å². The Balaban J connectivity index is 2.06. The lowest BCUT2D eigenvalue weighted by molar-refractivity contribution is 0.415. The SMILES string of the molecule is CCN(c1nccn2nc(C(C)C)cc12)C1CNC1. The molecule has 1 N–H and O–H groups in total. The molecule has 3 rings (SSSR count). The van der Waals surface area contributed by atoms with Crippen LogP contribution in [0.3, 0.4) is 0 Å². The maximum absolute atomic E-state index is 4.63. The van der Waals surface area contributed by atoms with Gasteiger partial charge in [-0.1, -0.05) is 13.8 Å². The van der Waals surface area contributed by atoms with E-state index in [2.05, 4.69) is 47.1 Å². The van der Waals surface area contributed by atoms with Gasteiger partial charge in [-0.25, -0.2) is 9.50 Å². The third kappa shape index (κ3) is 2.08. The molecule has 0 spiro atoms. The Morgan fingerprint density at radius 1 is 1.47 bits per heavy atom. The monoisotopic (exact) mass is 259 g/mol. The van der Waals surface area contributed by atoms with Crippen molar-refractivity contribution in [3.05, 3.63) is 24.2 Å². The molecule has 0 unspecified atom stereocenters. The summed E-state index contributed by atoms with van der Waals surface area (Å²) in [4.78, 5) is 6.96. The van der Waals surface area contributed by atoms with Crippen molar-refractivity contribution in [2.45, 2.75) is 32.7 Å². The molecule has 0 atom stereocenters. The van der Waals surface area contributed by atoms with E-state index in [4.69, 9.17) is 0 Å². The van der Waals surface area contributed by atoms with Gasteiger partial charge >= 0.3 is 0 Å². The maximum Gasteiger partial charge on any atom is 0.155 e. The molecule has 19 heavy (non-hydrogen) atoms. The zero-order valence-corrected chi connectivity index (χ0v) is 11.8. The number of aromatic nitrogens is 3. The van der Waals surface area contributed by atoms with Gasteiger partial charge in [0.15, 0.2) is 5.82 Å². The van der Waals surface area contributed by atoms with Crippen LogP contribution in [0.2, 0.25) is 0 Å². The van der Waals surface area contributed by atoms with Crippen LogP contribution in [0.15, 0.2) is 18.5 Å². The summed E-state index contributed by atoms with van der Waals surface area (Å²) in [5.41, 5.74) is 2.23. The first kappa shape index (κ1) is 12.4. The predicted molar refractivity (Wildman–Crippen MR) is 76.8 cm³/mol. The third-order valence-electron chi connectivity index (χ3n) is 3.79. The Kier molecular flexibility index (Phi) is 3.14. The van der Waals surface area contributed by atoms with Gasteiger partial charge in [0.05, 0.1) is 11.7 Å². The Morgan fingerprint density at radius 2 is 2.26 bits per heavy atom. The highest BCUT2D eigenvalue weighted by atomic mass is 15.3. The summed E-state index contributed by atoms with van der Waals surface area (Å²) in [7, 11) is 0. The molecule has 1 aliphatic rings. The molecule has 0 saturated carbocycles. The van der Waals surface area contributed by atoms with Gasteiger partial charge in [0.1, 0.15) is 5.52 Å². The van der Waals surface area contributed by atoms with Gasteiger partial charge in [-0.15, -0.1) is 0 Å². The number of hydrogen-bond acceptors (Lipinski definition) is 4. The van der Waals surface area contributed by atoms with E-state index in [9.17, 15) is 0 Å². The highest BCUT2D eigenvalue weighted by molar-refractivity contribution is 5.69. The zero-order chi connectivity index (χ0) is 13.4. The van der Waals surface area contributed by atoms with Gasteiger partial charge in [-0.2, -0.15) is 5.10 Å². The average molecular weight is 259 g/mol. The van der Waals surface area contributed by atoms with Crippen molar-refractivity contribution in [1.29, 1.82) is 0 Å². The topological polar surface area (TPSA) is 45.5 Å². The minimum absolute atomic E-state index is 0.438. The molecule has 1 aliphatic heterocycles. The van der Waals surface area contributed by atoms with Crippen molar-refractivity contribution >= 4 is 11.3 Å². The van der Waals surface area contributed by atoms with Crippen molar-refractivity contribution in [2.75, 3.05) is 24.5 Å². The number of rotatable bonds is 4. The van der Waals surface area contributed by atoms with Crippen molar-refractivity contribution < 1.29 is 0 Å². The van der Waals surface area contributed by atoms with Gasteiger partial charge in [0, 0.05) is 32.0 Å². The molecule has 2 aromatic heterocycles. The molecule has 3 heterocycles. The van der Waals surface area contributed by atoms with E-state index in [1.165, 1.54) is 0 Å². The molecule has 1 saturated heterocycles. The van der Waals surface area contributed by atoms with Crippen molar-refractivity contribution in [3.8, 4) is 0 Å². The molecular weight excluding hydrogens is 238 g/mol. The summed E-state index contributed by atoms with van der Waals surface area (Å²) in [6.45, 7) is 9.58. The molecular formula is C14H21N5. The Labute approximate surface area is 113 Å². The van der Waals surface area contributed by atoms with Crippen LogP contribution in [-0.4, -0.2) is 40.3 Å². The highest BCUT2D eigenvalue weighted by Gasteiger charge is 2.26. The van der Waals surface area contributed by atoms with Crippen LogP contribution in [0, 0.1) is 0 Å². The standard InChI is InChI=1S/C14H21N5/c1-4-18(11-8-15-9-11)14-13-7-12(10(2)3)17-19(13)6-5-16-14/h5-7,10-11,15H,4,8-9H2,1-3H3. The van der Waals surface area contributed by atoms with Crippen LogP contribution < -0.4 is 10.2 Å². The van der Waals surface area contributed by atoms with E-state index >= 15 is 0 Å². The van der Waals surface area contributed by atoms with Gasteiger partial charge in [0.2, 0.25) is 0 Å². The first-order valence-electron chi connectivity index (χ1n) is 7.02. The minimum atomic E-state index is 0.438. The highest BCUT2D eigenvalue weighted by Crippen LogP contribution is 2.24. The summed E-state index contributed by atoms with van der Waals surface area (Å²) in [5, 5.41) is 7.95. The summed E-state index contributed by atoms with van der Waals surface area (Å²) in [6.07, 6.45) is 3.77. The van der Waals surface area contributed by atoms with Gasteiger partial charge in [-0.3, -0.25) is 0 Å². The minimum Gasteiger partial charge on any atom is -0.350 e. The summed E-state index contributed by atoms with van der Waals surface area (Å²) in [5.74, 6) is 1.49. The second kappa shape index (κ2) is 4.81. The number of anilines is 1. The van der Waals surface area contributed by atoms with Crippen molar-refractivity contribution in [2.24, 2.45) is 0 Å². The number of hydrogen-bond donors (Lipinski definition) is 1. The van der Waals surface area contributed by atoms with E-state index in [1.807, 2.05) is 16.9 Å². The third-order valence-corrected chi connectivity index (χ3v) is 3.79. The summed E-state index contributed by atoms with van der Waals surface area (Å²) < 4.78 is 1.95. The average Bonchev–Trinajstić information content (AvgIpc) is 2.77. The zero-order valence-electron chi connectivity index (χ0n) is 11.8. The molecule has 5 nitrogen and oxygen atoms in total. The molecule has 2 aromatic rings. The maximum atomic E-state index is 4.63. The lowest BCUT2D eigenvalue weighted by atomic mass is 10.1. The summed E-state index contributed by atoms with van der Waals surface area (Å²) >= 11 is 0. The molecule has 0 aliphatic carbocycles. The lowest BCUT2D eigenvalue weighted by Gasteiger charge is -2.38. The van der Waals surface area contributed by atoms with E-state index in [-0.39, 0.29) is 0 Å². The fourth-order valence-electron chi connectivity index (χ4n) is 2.51. The second-order valence-corrected chi connectivity index (χ2v) is 5.40. The van der Waals surface area contributed by atoms with Gasteiger partial charge < -0.3 is 10.2 Å². The van der Waals surface area contributed by atoms with E-state index < -0.39 is 0 Å². The fourth-order valence-corrected chi connectivity index (χ4v) is 2.51. The molecule has 5 heteroatoms. The number of nitrogens with one attached hydrogen (secondary N) is 1. The summed E-state index contributed by atoms with van der Waals surface area (Å²) in [6, 6.07) is 2.72. The number of nitrogens with zero attached hydrogens (tertiary/aromatic N) is 4. The lowest BCUT2D eigenvalue weighted by Crippen LogP contribution is -2.57. The number of fused-ring (bicyclic) bond motifs is 1. The second-order valence-electron chi connectivity index (χ2n) is 5.40. The van der Waals surface area contributed by atoms with Crippen molar-refractivity contribution in [3.63, 3.8) is 0 Å². The van der Waals surface area contributed by atoms with E-state index in [0.29, 0.717) is 12.0 Å². The van der Waals surface area contributed by atoms with Crippen LogP contribution in [0.4, 0.5) is 5.82 Å². The molecule has 0 amide bonds. The Bertz CT molecular complexity index is 570. The van der Waals surface area contributed by atoms with Crippen LogP contribution in [-0.2, 0) is 0 Å². The first-order valence-corrected chi connectivity index (χ1v) is 7.02. The molecule has 0 bridgehead atoms. The Morgan fingerprint density at radius 3 is 2.84 bits per heavy atom. The number of likely N-dealkylation sites (N-methyl/N-ethyl adjacent to an activating group) is 1. The van der Waals surface area contributed by atoms with E-state index in [1.54, 1.807) is 0 Å². The molecule has 0 aromatic carbocycles. The van der Waals surface area contributed by atoms with Gasteiger partial charge in [-0.05, 0) is 18.9 Å². The quantitative estimate of drug-likeness (QED) is 0.907. The van der Waals surface area contributed by atoms with Crippen LogP contribution in [0.25, 0.3) is 5.52 Å². The van der Waals surface area contributed by atoms with Crippen LogP contribution in [0.1, 0.15) is 32.4 Å². The molecule has 1 fully saturated rings. The van der Waals surface area contributed by atoms with E-state index in [0.717, 1.165) is 36.7 Å². The van der Waals surface area contributed by atoms with Crippen LogP contribution >= 0.6 is 0 Å². The normalized spacial score (nSPS) is 16.0. The smallest absolute Gasteiger partial charge is 0.155 e. The molecule has 0 radical (unpaired) electrons. The van der Waals surface area contributed by atoms with Gasteiger partial charge in [0.25, 0.3) is 0 Å². The van der Waals surface area contributed by atoms with Crippen molar-refractivity contribution in [1.82, 2.24) is 19.9 Å². The molecule has 102 valence electrons. The largest absolute Gasteiger partial charge is 0.350 e. The predicted octanol–water partition coefficient (Wildman–Crippen LogP) is 1.65.